The number of hydrogen-bond acceptors (Lipinski definition) is 3. The standard InChI is InChI=1S/C27H31N5O3/c1-20(22-13-15-24(16-14-22)31-26(34)30-23-11-7-4-8-12-23)29-25(33)17-18-28-27(35)32(2)19-21-9-5-3-6-10-21/h3-16,20H,17-19H2,1-2H3,(H,28,35)(H,29,33)(H2,30,31,34). The molecular formula is C27H31N5O3. The van der Waals surface area contributed by atoms with Crippen molar-refractivity contribution < 1.29 is 14.4 Å². The fourth-order valence-electron chi connectivity index (χ4n) is 3.41. The Bertz CT molecular complexity index is 1100. The number of nitrogens with zero attached hydrogens (tertiary/aromatic N) is 1. The molecule has 182 valence electrons. The first-order valence-corrected chi connectivity index (χ1v) is 11.5. The highest BCUT2D eigenvalue weighted by Gasteiger charge is 2.12. The van der Waals surface area contributed by atoms with Gasteiger partial charge in [-0.1, -0.05) is 60.7 Å². The largest absolute Gasteiger partial charge is 0.350 e. The van der Waals surface area contributed by atoms with E-state index < -0.39 is 0 Å². The topological polar surface area (TPSA) is 103 Å². The van der Waals surface area contributed by atoms with E-state index in [0.29, 0.717) is 17.9 Å². The summed E-state index contributed by atoms with van der Waals surface area (Å²) in [6, 6.07) is 25.4. The summed E-state index contributed by atoms with van der Waals surface area (Å²) in [7, 11) is 1.72. The minimum atomic E-state index is -0.332. The van der Waals surface area contributed by atoms with Gasteiger partial charge in [-0.2, -0.15) is 0 Å². The van der Waals surface area contributed by atoms with Crippen LogP contribution in [0.15, 0.2) is 84.9 Å². The van der Waals surface area contributed by atoms with Gasteiger partial charge in [-0.25, -0.2) is 9.59 Å². The fourth-order valence-corrected chi connectivity index (χ4v) is 3.41. The van der Waals surface area contributed by atoms with Crippen molar-refractivity contribution in [3.05, 3.63) is 96.1 Å². The second-order valence-corrected chi connectivity index (χ2v) is 8.18. The van der Waals surface area contributed by atoms with E-state index in [4.69, 9.17) is 0 Å². The number of anilines is 2. The van der Waals surface area contributed by atoms with Crippen molar-refractivity contribution in [2.75, 3.05) is 24.2 Å². The Morgan fingerprint density at radius 2 is 1.37 bits per heavy atom. The zero-order valence-electron chi connectivity index (χ0n) is 20.0. The smallest absolute Gasteiger partial charge is 0.323 e. The molecule has 5 amide bonds. The molecule has 0 aliphatic rings. The van der Waals surface area contributed by atoms with Crippen LogP contribution < -0.4 is 21.3 Å². The lowest BCUT2D eigenvalue weighted by atomic mass is 10.1. The quantitative estimate of drug-likeness (QED) is 0.361. The predicted octanol–water partition coefficient (Wildman–Crippen LogP) is 4.74. The van der Waals surface area contributed by atoms with Crippen LogP contribution in [0.2, 0.25) is 0 Å². The molecular weight excluding hydrogens is 442 g/mol. The van der Waals surface area contributed by atoms with Crippen molar-refractivity contribution in [1.82, 2.24) is 15.5 Å². The van der Waals surface area contributed by atoms with Gasteiger partial charge in [-0.05, 0) is 42.3 Å². The lowest BCUT2D eigenvalue weighted by Crippen LogP contribution is -2.39. The first-order valence-electron chi connectivity index (χ1n) is 11.5. The van der Waals surface area contributed by atoms with Crippen LogP contribution in [0, 0.1) is 0 Å². The summed E-state index contributed by atoms with van der Waals surface area (Å²) < 4.78 is 0. The number of para-hydroxylation sites is 1. The molecule has 0 spiro atoms. The van der Waals surface area contributed by atoms with Crippen LogP contribution in [0.1, 0.15) is 30.5 Å². The van der Waals surface area contributed by atoms with E-state index in [1.54, 1.807) is 24.1 Å². The van der Waals surface area contributed by atoms with Gasteiger partial charge in [0, 0.05) is 37.9 Å². The molecule has 1 atom stereocenters. The molecule has 35 heavy (non-hydrogen) atoms. The van der Waals surface area contributed by atoms with E-state index in [2.05, 4.69) is 21.3 Å². The minimum Gasteiger partial charge on any atom is -0.350 e. The molecule has 0 bridgehead atoms. The predicted molar refractivity (Wildman–Crippen MR) is 138 cm³/mol. The molecule has 0 heterocycles. The highest BCUT2D eigenvalue weighted by Crippen LogP contribution is 2.17. The second kappa shape index (κ2) is 12.8. The van der Waals surface area contributed by atoms with Crippen LogP contribution in [-0.4, -0.2) is 36.5 Å². The number of amides is 5. The van der Waals surface area contributed by atoms with Crippen molar-refractivity contribution in [3.63, 3.8) is 0 Å². The summed E-state index contributed by atoms with van der Waals surface area (Å²) in [5.74, 6) is -0.159. The lowest BCUT2D eigenvalue weighted by Gasteiger charge is -2.18. The van der Waals surface area contributed by atoms with E-state index in [1.807, 2.05) is 79.7 Å². The summed E-state index contributed by atoms with van der Waals surface area (Å²) in [6.45, 7) is 2.62. The van der Waals surface area contributed by atoms with Crippen molar-refractivity contribution >= 4 is 29.3 Å². The van der Waals surface area contributed by atoms with Crippen molar-refractivity contribution in [3.8, 4) is 0 Å². The fraction of sp³-hybridized carbons (Fsp3) is 0.222. The molecule has 4 N–H and O–H groups in total. The Hall–Kier alpha value is -4.33. The molecule has 1 unspecified atom stereocenters. The third kappa shape index (κ3) is 8.51. The highest BCUT2D eigenvalue weighted by molar-refractivity contribution is 5.99. The maximum absolute atomic E-state index is 12.3. The summed E-state index contributed by atoms with van der Waals surface area (Å²) in [5, 5.41) is 11.2. The van der Waals surface area contributed by atoms with E-state index >= 15 is 0 Å². The third-order valence-electron chi connectivity index (χ3n) is 5.32. The normalized spacial score (nSPS) is 11.1. The van der Waals surface area contributed by atoms with E-state index in [1.165, 1.54) is 0 Å². The monoisotopic (exact) mass is 473 g/mol. The van der Waals surface area contributed by atoms with E-state index in [9.17, 15) is 14.4 Å². The molecule has 8 heteroatoms. The number of carbonyl (C=O) groups excluding carboxylic acids is 3. The number of carbonyl (C=O) groups is 3. The molecule has 3 rings (SSSR count). The van der Waals surface area contributed by atoms with Crippen molar-refractivity contribution in [2.45, 2.75) is 25.9 Å². The third-order valence-corrected chi connectivity index (χ3v) is 5.32. The van der Waals surface area contributed by atoms with Gasteiger partial charge in [-0.3, -0.25) is 4.79 Å². The van der Waals surface area contributed by atoms with Gasteiger partial charge in [-0.15, -0.1) is 0 Å². The number of urea groups is 2. The maximum Gasteiger partial charge on any atom is 0.323 e. The van der Waals surface area contributed by atoms with Crippen molar-refractivity contribution in [1.29, 1.82) is 0 Å². The van der Waals surface area contributed by atoms with Gasteiger partial charge in [0.1, 0.15) is 0 Å². The summed E-state index contributed by atoms with van der Waals surface area (Å²) in [4.78, 5) is 38.2. The molecule has 0 saturated carbocycles. The van der Waals surface area contributed by atoms with E-state index in [0.717, 1.165) is 11.1 Å². The Morgan fingerprint density at radius 1 is 0.800 bits per heavy atom. The maximum atomic E-state index is 12.3. The Kier molecular flexibility index (Phi) is 9.24. The van der Waals surface area contributed by atoms with E-state index in [-0.39, 0.29) is 37.0 Å². The van der Waals surface area contributed by atoms with Crippen LogP contribution in [-0.2, 0) is 11.3 Å². The average Bonchev–Trinajstić information content (AvgIpc) is 2.85. The minimum absolute atomic E-state index is 0.159. The van der Waals surface area contributed by atoms with Crippen LogP contribution in [0.25, 0.3) is 0 Å². The molecule has 0 aliphatic carbocycles. The van der Waals surface area contributed by atoms with Gasteiger partial charge in [0.2, 0.25) is 5.91 Å². The molecule has 0 aliphatic heterocycles. The van der Waals surface area contributed by atoms with Crippen LogP contribution in [0.4, 0.5) is 21.0 Å². The second-order valence-electron chi connectivity index (χ2n) is 8.18. The molecule has 3 aromatic carbocycles. The molecule has 8 nitrogen and oxygen atoms in total. The number of rotatable bonds is 9. The van der Waals surface area contributed by atoms with Crippen molar-refractivity contribution in [2.24, 2.45) is 0 Å². The lowest BCUT2D eigenvalue weighted by molar-refractivity contribution is -0.121. The summed E-state index contributed by atoms with van der Waals surface area (Å²) in [6.07, 6.45) is 0.175. The first-order chi connectivity index (χ1) is 16.9. The molecule has 0 aromatic heterocycles. The summed E-state index contributed by atoms with van der Waals surface area (Å²) in [5.41, 5.74) is 3.29. The number of benzene rings is 3. The van der Waals surface area contributed by atoms with Gasteiger partial charge in [0.25, 0.3) is 0 Å². The van der Waals surface area contributed by atoms with Crippen LogP contribution in [0.3, 0.4) is 0 Å². The average molecular weight is 474 g/mol. The molecule has 0 fully saturated rings. The van der Waals surface area contributed by atoms with Gasteiger partial charge in [0.15, 0.2) is 0 Å². The Morgan fingerprint density at radius 3 is 2.00 bits per heavy atom. The molecule has 0 saturated heterocycles. The number of hydrogen-bond donors (Lipinski definition) is 4. The Balaban J connectivity index is 1.38. The SMILES string of the molecule is CC(NC(=O)CCNC(=O)N(C)Cc1ccccc1)c1ccc(NC(=O)Nc2ccccc2)cc1. The van der Waals surface area contributed by atoms with Gasteiger partial charge in [0.05, 0.1) is 6.04 Å². The zero-order chi connectivity index (χ0) is 25.0. The van der Waals surface area contributed by atoms with Gasteiger partial charge < -0.3 is 26.2 Å². The highest BCUT2D eigenvalue weighted by atomic mass is 16.2. The number of nitrogens with one attached hydrogen (secondary N) is 4. The first kappa shape index (κ1) is 25.3. The van der Waals surface area contributed by atoms with Gasteiger partial charge >= 0.3 is 12.1 Å². The zero-order valence-corrected chi connectivity index (χ0v) is 20.0. The summed E-state index contributed by atoms with van der Waals surface area (Å²) >= 11 is 0. The van der Waals surface area contributed by atoms with Crippen LogP contribution >= 0.6 is 0 Å². The van der Waals surface area contributed by atoms with Crippen LogP contribution in [0.5, 0.6) is 0 Å². The molecule has 0 radical (unpaired) electrons. The Labute approximate surface area is 205 Å². The molecule has 3 aromatic rings.